The fourth-order valence-corrected chi connectivity index (χ4v) is 6.20. The Morgan fingerprint density at radius 3 is 1.43 bits per heavy atom. The highest BCUT2D eigenvalue weighted by Crippen LogP contribution is 2.37. The van der Waals surface area contributed by atoms with Gasteiger partial charge in [0.1, 0.15) is 11.5 Å². The van der Waals surface area contributed by atoms with E-state index in [4.69, 9.17) is 37.7 Å². The fraction of sp³-hybridized carbons (Fsp3) is 0.550. The summed E-state index contributed by atoms with van der Waals surface area (Å²) < 4.78 is 48.0. The van der Waals surface area contributed by atoms with E-state index >= 15 is 0 Å². The molecule has 0 radical (unpaired) electrons. The minimum Gasteiger partial charge on any atom is -0.494 e. The average Bonchev–Trinajstić information content (AvgIpc) is 3.35. The van der Waals surface area contributed by atoms with Gasteiger partial charge in [0.15, 0.2) is 12.6 Å². The van der Waals surface area contributed by atoms with Crippen molar-refractivity contribution in [1.82, 2.24) is 0 Å². The lowest BCUT2D eigenvalue weighted by Gasteiger charge is -2.32. The molecule has 8 nitrogen and oxygen atoms in total. The molecule has 3 aromatic carbocycles. The van der Waals surface area contributed by atoms with Crippen LogP contribution in [0.1, 0.15) is 79.1 Å². The Morgan fingerprint density at radius 2 is 1.02 bits per heavy atom. The van der Waals surface area contributed by atoms with E-state index in [0.717, 1.165) is 91.0 Å². The van der Waals surface area contributed by atoms with E-state index in [2.05, 4.69) is 70.2 Å². The predicted octanol–water partition coefficient (Wildman–Crippen LogP) is 7.94. The summed E-state index contributed by atoms with van der Waals surface area (Å²) in [7, 11) is -0.476. The van der Waals surface area contributed by atoms with Crippen molar-refractivity contribution in [3.8, 4) is 33.8 Å². The summed E-state index contributed by atoms with van der Waals surface area (Å²) in [4.78, 5) is 0. The first-order valence-electron chi connectivity index (χ1n) is 18.2. The zero-order chi connectivity index (χ0) is 34.1. The van der Waals surface area contributed by atoms with E-state index in [1.54, 1.807) is 0 Å². The molecule has 9 heteroatoms. The summed E-state index contributed by atoms with van der Waals surface area (Å²) in [5.74, 6) is 1.67. The molecule has 3 heterocycles. The van der Waals surface area contributed by atoms with E-state index in [1.807, 2.05) is 24.3 Å². The fourth-order valence-electron chi connectivity index (χ4n) is 6.20. The second-order valence-electron chi connectivity index (χ2n) is 14.2. The monoisotopic (exact) mass is 672 g/mol. The van der Waals surface area contributed by atoms with E-state index in [0.29, 0.717) is 26.4 Å². The van der Waals surface area contributed by atoms with Crippen LogP contribution in [0.3, 0.4) is 0 Å². The van der Waals surface area contributed by atoms with E-state index in [9.17, 15) is 0 Å². The molecule has 3 aromatic rings. The van der Waals surface area contributed by atoms with Crippen molar-refractivity contribution in [3.05, 3.63) is 66.7 Å². The summed E-state index contributed by atoms with van der Waals surface area (Å²) in [6.45, 7) is 12.4. The maximum atomic E-state index is 6.48. The third-order valence-electron chi connectivity index (χ3n) is 9.85. The molecule has 3 aliphatic rings. The van der Waals surface area contributed by atoms with Crippen LogP contribution < -0.4 is 14.9 Å². The summed E-state index contributed by atoms with van der Waals surface area (Å²) in [5.41, 5.74) is 4.45. The molecule has 2 atom stereocenters. The standard InChI is InChI=1S/C40H53BO8/c1-39(2)40(3,4)49-41(48-39)34-28-32(30-13-17-35(18-14-30)42-23-9-25-46-37-11-5-7-21-44-37)27-33(29-34)31-15-19-36(20-16-31)43-24-10-26-47-38-12-6-8-22-45-38/h13-20,27-29,37-38H,5-12,21-26H2,1-4H3. The van der Waals surface area contributed by atoms with Crippen LogP contribution in [-0.2, 0) is 28.3 Å². The molecule has 0 N–H and O–H groups in total. The van der Waals surface area contributed by atoms with Gasteiger partial charge in [0.05, 0.1) is 37.6 Å². The maximum Gasteiger partial charge on any atom is 0.494 e. The lowest BCUT2D eigenvalue weighted by molar-refractivity contribution is -0.163. The van der Waals surface area contributed by atoms with Crippen molar-refractivity contribution in [2.75, 3.05) is 39.6 Å². The zero-order valence-electron chi connectivity index (χ0n) is 29.7. The van der Waals surface area contributed by atoms with Gasteiger partial charge in [-0.2, -0.15) is 0 Å². The minimum absolute atomic E-state index is 0.0608. The van der Waals surface area contributed by atoms with Crippen molar-refractivity contribution < 1.29 is 37.7 Å². The van der Waals surface area contributed by atoms with Gasteiger partial charge in [-0.05, 0) is 124 Å². The molecule has 3 aliphatic heterocycles. The number of benzene rings is 3. The van der Waals surface area contributed by atoms with Gasteiger partial charge in [-0.1, -0.05) is 36.4 Å². The lowest BCUT2D eigenvalue weighted by Crippen LogP contribution is -2.41. The van der Waals surface area contributed by atoms with Crippen molar-refractivity contribution in [2.45, 2.75) is 103 Å². The molecule has 0 amide bonds. The molecule has 0 aromatic heterocycles. The maximum absolute atomic E-state index is 6.48. The van der Waals surface area contributed by atoms with Crippen LogP contribution >= 0.6 is 0 Å². The molecular weight excluding hydrogens is 619 g/mol. The number of hydrogen-bond acceptors (Lipinski definition) is 8. The Labute approximate surface area is 292 Å². The molecule has 0 spiro atoms. The summed E-state index contributed by atoms with van der Waals surface area (Å²) >= 11 is 0. The second kappa shape index (κ2) is 16.9. The summed E-state index contributed by atoms with van der Waals surface area (Å²) in [6, 6.07) is 23.1. The predicted molar refractivity (Wildman–Crippen MR) is 192 cm³/mol. The molecule has 0 bridgehead atoms. The highest BCUT2D eigenvalue weighted by atomic mass is 16.7. The van der Waals surface area contributed by atoms with Crippen LogP contribution in [0.4, 0.5) is 0 Å². The van der Waals surface area contributed by atoms with Crippen molar-refractivity contribution in [3.63, 3.8) is 0 Å². The van der Waals surface area contributed by atoms with Gasteiger partial charge >= 0.3 is 7.12 Å². The Morgan fingerprint density at radius 1 is 0.571 bits per heavy atom. The quantitative estimate of drug-likeness (QED) is 0.119. The molecule has 0 saturated carbocycles. The van der Waals surface area contributed by atoms with Crippen LogP contribution in [0.25, 0.3) is 22.3 Å². The van der Waals surface area contributed by atoms with Gasteiger partial charge in [0.25, 0.3) is 0 Å². The van der Waals surface area contributed by atoms with Gasteiger partial charge in [0, 0.05) is 26.1 Å². The van der Waals surface area contributed by atoms with E-state index in [-0.39, 0.29) is 12.6 Å². The van der Waals surface area contributed by atoms with Gasteiger partial charge < -0.3 is 37.7 Å². The first-order chi connectivity index (χ1) is 23.8. The topological polar surface area (TPSA) is 73.8 Å². The zero-order valence-corrected chi connectivity index (χ0v) is 29.7. The van der Waals surface area contributed by atoms with Crippen molar-refractivity contribution in [2.24, 2.45) is 0 Å². The van der Waals surface area contributed by atoms with Gasteiger partial charge in [0.2, 0.25) is 0 Å². The molecule has 6 rings (SSSR count). The SMILES string of the molecule is CC1(C)OB(c2cc(-c3ccc(OCCCOC4CCCCO4)cc3)cc(-c3ccc(OCCCOC4CCCCO4)cc3)c2)OC1(C)C. The average molecular weight is 673 g/mol. The first kappa shape index (κ1) is 35.9. The lowest BCUT2D eigenvalue weighted by atomic mass is 9.76. The van der Waals surface area contributed by atoms with E-state index in [1.165, 1.54) is 12.8 Å². The van der Waals surface area contributed by atoms with Gasteiger partial charge in [-0.15, -0.1) is 0 Å². The molecule has 3 saturated heterocycles. The third kappa shape index (κ3) is 9.87. The summed E-state index contributed by atoms with van der Waals surface area (Å²) in [6.07, 6.45) is 8.06. The molecular formula is C40H53BO8. The van der Waals surface area contributed by atoms with E-state index < -0.39 is 18.3 Å². The third-order valence-corrected chi connectivity index (χ3v) is 9.85. The Kier molecular flexibility index (Phi) is 12.4. The molecule has 264 valence electrons. The molecule has 3 fully saturated rings. The smallest absolute Gasteiger partial charge is 0.494 e. The Balaban J connectivity index is 1.10. The van der Waals surface area contributed by atoms with Crippen LogP contribution in [0.2, 0.25) is 0 Å². The van der Waals surface area contributed by atoms with Crippen molar-refractivity contribution in [1.29, 1.82) is 0 Å². The number of ether oxygens (including phenoxy) is 6. The Hall–Kier alpha value is -2.92. The van der Waals surface area contributed by atoms with Gasteiger partial charge in [-0.25, -0.2) is 0 Å². The van der Waals surface area contributed by atoms with Crippen molar-refractivity contribution >= 4 is 12.6 Å². The molecule has 2 unspecified atom stereocenters. The first-order valence-corrected chi connectivity index (χ1v) is 18.2. The second-order valence-corrected chi connectivity index (χ2v) is 14.2. The highest BCUT2D eigenvalue weighted by Gasteiger charge is 2.51. The Bertz CT molecular complexity index is 1340. The number of rotatable bonds is 15. The molecule has 49 heavy (non-hydrogen) atoms. The highest BCUT2D eigenvalue weighted by molar-refractivity contribution is 6.62. The normalized spacial score (nSPS) is 21.8. The van der Waals surface area contributed by atoms with Crippen LogP contribution in [0.15, 0.2) is 66.7 Å². The van der Waals surface area contributed by atoms with Crippen LogP contribution in [-0.4, -0.2) is 70.5 Å². The van der Waals surface area contributed by atoms with Gasteiger partial charge in [-0.3, -0.25) is 0 Å². The minimum atomic E-state index is -0.476. The largest absolute Gasteiger partial charge is 0.494 e. The molecule has 0 aliphatic carbocycles. The van der Waals surface area contributed by atoms with Crippen LogP contribution in [0.5, 0.6) is 11.5 Å². The summed E-state index contributed by atoms with van der Waals surface area (Å²) in [5, 5.41) is 0. The van der Waals surface area contributed by atoms with Crippen LogP contribution in [0, 0.1) is 0 Å². The number of hydrogen-bond donors (Lipinski definition) is 0.